The number of hydrogen-bond acceptors (Lipinski definition) is 3. The molecular formula is C15H24N4. The smallest absolute Gasteiger partial charge is 0.125 e. The molecule has 1 fully saturated rings. The fourth-order valence-corrected chi connectivity index (χ4v) is 2.97. The number of aromatic nitrogens is 1. The summed E-state index contributed by atoms with van der Waals surface area (Å²) >= 11 is 0. The predicted octanol–water partition coefficient (Wildman–Crippen LogP) is 2.77. The first-order valence-corrected chi connectivity index (χ1v) is 7.25. The van der Waals surface area contributed by atoms with Crippen molar-refractivity contribution in [1.82, 2.24) is 4.98 Å². The van der Waals surface area contributed by atoms with Gasteiger partial charge in [-0.05, 0) is 31.2 Å². The van der Waals surface area contributed by atoms with Crippen LogP contribution in [0.4, 0.5) is 5.69 Å². The molecule has 0 aliphatic carbocycles. The van der Waals surface area contributed by atoms with Gasteiger partial charge in [-0.1, -0.05) is 19.8 Å². The quantitative estimate of drug-likeness (QED) is 0.646. The summed E-state index contributed by atoms with van der Waals surface area (Å²) in [4.78, 5) is 6.54. The van der Waals surface area contributed by atoms with Crippen LogP contribution in [0.3, 0.4) is 0 Å². The summed E-state index contributed by atoms with van der Waals surface area (Å²) in [5, 5.41) is 7.68. The second-order valence-electron chi connectivity index (χ2n) is 5.38. The standard InChI is InChI=1S/C15H24N4/c1-2-4-12-5-3-9-19(10-7-12)14-11-18-8-6-13(14)15(16)17/h6,8,11-12H,2-5,7,9-10H2,1H3,(H3,16,17). The van der Waals surface area contributed by atoms with Crippen LogP contribution in [-0.4, -0.2) is 23.9 Å². The van der Waals surface area contributed by atoms with Crippen LogP contribution in [0.5, 0.6) is 0 Å². The van der Waals surface area contributed by atoms with Gasteiger partial charge in [-0.15, -0.1) is 0 Å². The molecule has 0 amide bonds. The van der Waals surface area contributed by atoms with Crippen LogP contribution >= 0.6 is 0 Å². The zero-order valence-electron chi connectivity index (χ0n) is 11.7. The van der Waals surface area contributed by atoms with Crippen LogP contribution in [-0.2, 0) is 0 Å². The van der Waals surface area contributed by atoms with Gasteiger partial charge in [-0.3, -0.25) is 10.4 Å². The Labute approximate surface area is 115 Å². The molecular weight excluding hydrogens is 236 g/mol. The Morgan fingerprint density at radius 2 is 2.32 bits per heavy atom. The molecule has 0 radical (unpaired) electrons. The Morgan fingerprint density at radius 3 is 3.05 bits per heavy atom. The van der Waals surface area contributed by atoms with Gasteiger partial charge in [0.05, 0.1) is 11.9 Å². The lowest BCUT2D eigenvalue weighted by molar-refractivity contribution is 0.435. The van der Waals surface area contributed by atoms with Gasteiger partial charge in [-0.25, -0.2) is 0 Å². The van der Waals surface area contributed by atoms with E-state index in [0.29, 0.717) is 0 Å². The molecule has 0 aromatic carbocycles. The first kappa shape index (κ1) is 13.8. The molecule has 1 atom stereocenters. The molecule has 1 aromatic rings. The Kier molecular flexibility index (Phi) is 4.77. The number of nitrogens with two attached hydrogens (primary N) is 1. The van der Waals surface area contributed by atoms with E-state index in [1.165, 1.54) is 32.1 Å². The van der Waals surface area contributed by atoms with Gasteiger partial charge in [0.1, 0.15) is 5.84 Å². The minimum atomic E-state index is 0.131. The Balaban J connectivity index is 2.12. The molecule has 1 aliphatic rings. The molecule has 4 heteroatoms. The van der Waals surface area contributed by atoms with Crippen molar-refractivity contribution < 1.29 is 0 Å². The molecule has 3 N–H and O–H groups in total. The van der Waals surface area contributed by atoms with Crippen molar-refractivity contribution >= 4 is 11.5 Å². The number of rotatable bonds is 4. The maximum absolute atomic E-state index is 7.68. The summed E-state index contributed by atoms with van der Waals surface area (Å²) in [6.07, 6.45) is 9.93. The average Bonchev–Trinajstić information content (AvgIpc) is 2.65. The lowest BCUT2D eigenvalue weighted by Crippen LogP contribution is -2.27. The molecule has 104 valence electrons. The first-order chi connectivity index (χ1) is 9.22. The Bertz CT molecular complexity index is 430. The van der Waals surface area contributed by atoms with Crippen LogP contribution in [0.2, 0.25) is 0 Å². The van der Waals surface area contributed by atoms with Gasteiger partial charge in [0, 0.05) is 24.8 Å². The highest BCUT2D eigenvalue weighted by Gasteiger charge is 2.19. The fourth-order valence-electron chi connectivity index (χ4n) is 2.97. The fraction of sp³-hybridized carbons (Fsp3) is 0.600. The Morgan fingerprint density at radius 1 is 1.47 bits per heavy atom. The van der Waals surface area contributed by atoms with E-state index in [4.69, 9.17) is 11.1 Å². The molecule has 1 unspecified atom stereocenters. The number of pyridine rings is 1. The van der Waals surface area contributed by atoms with Crippen LogP contribution in [0.15, 0.2) is 18.5 Å². The highest BCUT2D eigenvalue weighted by molar-refractivity contribution is 6.00. The highest BCUT2D eigenvalue weighted by Crippen LogP contribution is 2.26. The van der Waals surface area contributed by atoms with Crippen LogP contribution in [0, 0.1) is 11.3 Å². The summed E-state index contributed by atoms with van der Waals surface area (Å²) < 4.78 is 0. The van der Waals surface area contributed by atoms with Crippen molar-refractivity contribution in [3.63, 3.8) is 0 Å². The molecule has 1 saturated heterocycles. The highest BCUT2D eigenvalue weighted by atomic mass is 15.1. The molecule has 0 bridgehead atoms. The zero-order chi connectivity index (χ0) is 13.7. The number of nitrogens with zero attached hydrogens (tertiary/aromatic N) is 2. The largest absolute Gasteiger partial charge is 0.384 e. The third kappa shape index (κ3) is 3.46. The second-order valence-corrected chi connectivity index (χ2v) is 5.38. The molecule has 1 aliphatic heterocycles. The van der Waals surface area contributed by atoms with Crippen molar-refractivity contribution in [1.29, 1.82) is 5.41 Å². The monoisotopic (exact) mass is 260 g/mol. The van der Waals surface area contributed by atoms with Gasteiger partial charge in [0.25, 0.3) is 0 Å². The second kappa shape index (κ2) is 6.55. The normalized spacial score (nSPS) is 20.1. The Hall–Kier alpha value is -1.58. The van der Waals surface area contributed by atoms with Gasteiger partial charge in [0.2, 0.25) is 0 Å². The molecule has 0 saturated carbocycles. The number of anilines is 1. The minimum Gasteiger partial charge on any atom is -0.384 e. The molecule has 2 rings (SSSR count). The minimum absolute atomic E-state index is 0.131. The number of nitrogen functional groups attached to an aromatic ring is 1. The summed E-state index contributed by atoms with van der Waals surface area (Å²) in [6.45, 7) is 4.36. The van der Waals surface area contributed by atoms with Crippen LogP contribution in [0.25, 0.3) is 0 Å². The van der Waals surface area contributed by atoms with Crippen LogP contribution < -0.4 is 10.6 Å². The number of hydrogen-bond donors (Lipinski definition) is 2. The van der Waals surface area contributed by atoms with E-state index >= 15 is 0 Å². The molecule has 1 aromatic heterocycles. The van der Waals surface area contributed by atoms with Gasteiger partial charge in [0.15, 0.2) is 0 Å². The average molecular weight is 260 g/mol. The summed E-state index contributed by atoms with van der Waals surface area (Å²) in [5.41, 5.74) is 7.49. The van der Waals surface area contributed by atoms with E-state index < -0.39 is 0 Å². The van der Waals surface area contributed by atoms with E-state index in [-0.39, 0.29) is 5.84 Å². The van der Waals surface area contributed by atoms with Gasteiger partial charge >= 0.3 is 0 Å². The lowest BCUT2D eigenvalue weighted by Gasteiger charge is -2.24. The van der Waals surface area contributed by atoms with Crippen LogP contribution in [0.1, 0.15) is 44.6 Å². The van der Waals surface area contributed by atoms with E-state index in [9.17, 15) is 0 Å². The SMILES string of the molecule is CCCC1CCCN(c2cnccc2C(=N)N)CC1. The van der Waals surface area contributed by atoms with Crippen molar-refractivity contribution in [2.24, 2.45) is 11.7 Å². The third-order valence-corrected chi connectivity index (χ3v) is 3.98. The lowest BCUT2D eigenvalue weighted by atomic mass is 9.96. The summed E-state index contributed by atoms with van der Waals surface area (Å²) in [5.74, 6) is 0.985. The van der Waals surface area contributed by atoms with Gasteiger partial charge < -0.3 is 10.6 Å². The maximum Gasteiger partial charge on any atom is 0.125 e. The van der Waals surface area contributed by atoms with E-state index in [1.54, 1.807) is 6.20 Å². The van der Waals surface area contributed by atoms with E-state index in [0.717, 1.165) is 30.3 Å². The third-order valence-electron chi connectivity index (χ3n) is 3.98. The van der Waals surface area contributed by atoms with E-state index in [1.807, 2.05) is 12.3 Å². The van der Waals surface area contributed by atoms with Crippen molar-refractivity contribution in [3.8, 4) is 0 Å². The van der Waals surface area contributed by atoms with Crippen molar-refractivity contribution in [2.45, 2.75) is 39.0 Å². The van der Waals surface area contributed by atoms with Crippen molar-refractivity contribution in [3.05, 3.63) is 24.0 Å². The topological polar surface area (TPSA) is 66.0 Å². The van der Waals surface area contributed by atoms with Crippen molar-refractivity contribution in [2.75, 3.05) is 18.0 Å². The van der Waals surface area contributed by atoms with Gasteiger partial charge in [-0.2, -0.15) is 0 Å². The molecule has 0 spiro atoms. The zero-order valence-corrected chi connectivity index (χ0v) is 11.7. The maximum atomic E-state index is 7.68. The predicted molar refractivity (Wildman–Crippen MR) is 79.7 cm³/mol. The molecule has 4 nitrogen and oxygen atoms in total. The number of nitrogens with one attached hydrogen (secondary N) is 1. The molecule has 2 heterocycles. The molecule has 19 heavy (non-hydrogen) atoms. The summed E-state index contributed by atoms with van der Waals surface area (Å²) in [6, 6.07) is 1.84. The van der Waals surface area contributed by atoms with E-state index in [2.05, 4.69) is 16.8 Å². The summed E-state index contributed by atoms with van der Waals surface area (Å²) in [7, 11) is 0. The first-order valence-electron chi connectivity index (χ1n) is 7.25. The number of amidine groups is 1.